The number of aryl methyl sites for hydroxylation is 1. The Morgan fingerprint density at radius 2 is 1.80 bits per heavy atom. The summed E-state index contributed by atoms with van der Waals surface area (Å²) in [6.07, 6.45) is 4.42. The van der Waals surface area contributed by atoms with Crippen molar-refractivity contribution in [3.63, 3.8) is 0 Å². The monoisotopic (exact) mass is 667 g/mol. The van der Waals surface area contributed by atoms with Gasteiger partial charge in [0.1, 0.15) is 17.1 Å². The summed E-state index contributed by atoms with van der Waals surface area (Å²) >= 11 is 14.0. The molecule has 2 aromatic heterocycles. The lowest BCUT2D eigenvalue weighted by molar-refractivity contribution is 0.0981. The summed E-state index contributed by atoms with van der Waals surface area (Å²) in [7, 11) is 0. The molecule has 1 saturated carbocycles. The number of hydrogen-bond acceptors (Lipinski definition) is 10. The number of ether oxygens (including phenoxy) is 3. The third-order valence-corrected chi connectivity index (χ3v) is 8.75. The molecule has 6 rings (SSSR count). The van der Waals surface area contributed by atoms with Crippen molar-refractivity contribution in [3.05, 3.63) is 81.7 Å². The number of halogens is 2. The summed E-state index contributed by atoms with van der Waals surface area (Å²) in [5, 5.41) is 3.15. The van der Waals surface area contributed by atoms with E-state index in [9.17, 15) is 14.4 Å². The van der Waals surface area contributed by atoms with Crippen LogP contribution in [0.2, 0.25) is 10.0 Å². The van der Waals surface area contributed by atoms with Crippen molar-refractivity contribution in [2.45, 2.75) is 32.7 Å². The van der Waals surface area contributed by atoms with Crippen molar-refractivity contribution in [3.8, 4) is 16.6 Å². The maximum absolute atomic E-state index is 13.9. The lowest BCUT2D eigenvalue weighted by atomic mass is 10.1. The van der Waals surface area contributed by atoms with E-state index < -0.39 is 12.1 Å². The second-order valence-corrected chi connectivity index (χ2v) is 12.0. The van der Waals surface area contributed by atoms with Crippen LogP contribution in [0.5, 0.6) is 16.6 Å². The van der Waals surface area contributed by atoms with E-state index >= 15 is 0 Å². The van der Waals surface area contributed by atoms with E-state index in [1.54, 1.807) is 24.8 Å². The number of benzene rings is 2. The number of pyridine rings is 1. The van der Waals surface area contributed by atoms with Crippen molar-refractivity contribution >= 4 is 69.0 Å². The lowest BCUT2D eigenvalue weighted by Gasteiger charge is -2.38. The summed E-state index contributed by atoms with van der Waals surface area (Å²) in [5.41, 5.74) is 2.58. The average molecular weight is 669 g/mol. The lowest BCUT2D eigenvalue weighted by Crippen LogP contribution is -2.45. The number of rotatable bonds is 8. The average Bonchev–Trinajstić information content (AvgIpc) is 3.81. The SMILES string of the molecule is CCOC(=O)Oc1sc(NC(=O)c2cc(Cl)c(Oc3ccncc3C(=O)N3CCN(C4CC4)c4ccccc43)cc2Cl)nc1C. The van der Waals surface area contributed by atoms with Gasteiger partial charge >= 0.3 is 6.16 Å². The van der Waals surface area contributed by atoms with Crippen LogP contribution in [-0.4, -0.2) is 53.7 Å². The minimum atomic E-state index is -0.868. The third-order valence-electron chi connectivity index (χ3n) is 7.19. The smallest absolute Gasteiger partial charge is 0.455 e. The maximum Gasteiger partial charge on any atom is 0.514 e. The van der Waals surface area contributed by atoms with Gasteiger partial charge in [0.05, 0.1) is 39.3 Å². The van der Waals surface area contributed by atoms with Crippen molar-refractivity contribution in [1.29, 1.82) is 0 Å². The first kappa shape index (κ1) is 30.6. The number of thiazole rings is 1. The molecule has 0 spiro atoms. The van der Waals surface area contributed by atoms with E-state index in [1.165, 1.54) is 24.5 Å². The van der Waals surface area contributed by atoms with E-state index in [-0.39, 0.29) is 55.4 Å². The van der Waals surface area contributed by atoms with Gasteiger partial charge in [0, 0.05) is 37.6 Å². The highest BCUT2D eigenvalue weighted by molar-refractivity contribution is 7.17. The van der Waals surface area contributed by atoms with E-state index in [0.717, 1.165) is 42.1 Å². The van der Waals surface area contributed by atoms with Crippen molar-refractivity contribution in [1.82, 2.24) is 9.97 Å². The molecule has 2 aromatic carbocycles. The highest BCUT2D eigenvalue weighted by Crippen LogP contribution is 2.41. The highest BCUT2D eigenvalue weighted by Gasteiger charge is 2.36. The van der Waals surface area contributed by atoms with Gasteiger partial charge in [0.25, 0.3) is 11.8 Å². The van der Waals surface area contributed by atoms with Gasteiger partial charge < -0.3 is 24.0 Å². The Morgan fingerprint density at radius 1 is 1.02 bits per heavy atom. The van der Waals surface area contributed by atoms with Crippen LogP contribution in [-0.2, 0) is 4.74 Å². The Bertz CT molecular complexity index is 1800. The predicted molar refractivity (Wildman–Crippen MR) is 172 cm³/mol. The van der Waals surface area contributed by atoms with Crippen LogP contribution >= 0.6 is 34.5 Å². The van der Waals surface area contributed by atoms with Gasteiger partial charge in [0.2, 0.25) is 5.06 Å². The topological polar surface area (TPSA) is 123 Å². The highest BCUT2D eigenvalue weighted by atomic mass is 35.5. The molecular formula is C31H27Cl2N5O6S. The first-order chi connectivity index (χ1) is 21.7. The van der Waals surface area contributed by atoms with E-state index in [4.69, 9.17) is 37.4 Å². The zero-order valence-electron chi connectivity index (χ0n) is 24.2. The Hall–Kier alpha value is -4.39. The number of amides is 2. The molecule has 1 fully saturated rings. The molecule has 11 nitrogen and oxygen atoms in total. The van der Waals surface area contributed by atoms with Gasteiger partial charge in [-0.25, -0.2) is 9.78 Å². The molecule has 0 atom stereocenters. The van der Waals surface area contributed by atoms with Crippen LogP contribution in [0.4, 0.5) is 21.3 Å². The Kier molecular flexibility index (Phi) is 8.79. The molecule has 232 valence electrons. The summed E-state index contributed by atoms with van der Waals surface area (Å²) < 4.78 is 16.0. The molecule has 3 heterocycles. The van der Waals surface area contributed by atoms with Gasteiger partial charge in [-0.3, -0.25) is 19.9 Å². The first-order valence-electron chi connectivity index (χ1n) is 14.1. The summed E-state index contributed by atoms with van der Waals surface area (Å²) in [4.78, 5) is 51.1. The maximum atomic E-state index is 13.9. The van der Waals surface area contributed by atoms with Gasteiger partial charge in [-0.15, -0.1) is 0 Å². The van der Waals surface area contributed by atoms with Gasteiger partial charge in [-0.2, -0.15) is 0 Å². The molecule has 0 unspecified atom stereocenters. The molecule has 45 heavy (non-hydrogen) atoms. The molecule has 0 bridgehead atoms. The van der Waals surface area contributed by atoms with E-state index in [0.29, 0.717) is 18.3 Å². The van der Waals surface area contributed by atoms with E-state index in [1.807, 2.05) is 24.3 Å². The molecule has 2 amide bonds. The standard InChI is InChI=1S/C31H27Cl2N5O6S/c1-3-42-31(41)44-29-17(2)35-30(45-29)36-27(39)19-14-22(33)26(15-21(19)32)43-25-10-11-34-16-20(25)28(40)38-13-12-37(18-8-9-18)23-6-4-5-7-24(23)38/h4-7,10-11,14-16,18H,3,8-9,12-13H2,1-2H3,(H,35,36,39). The van der Waals surface area contributed by atoms with Crippen LogP contribution < -0.4 is 24.6 Å². The second-order valence-electron chi connectivity index (χ2n) is 10.2. The number of nitrogens with zero attached hydrogens (tertiary/aromatic N) is 4. The minimum Gasteiger partial charge on any atom is -0.455 e. The van der Waals surface area contributed by atoms with Crippen LogP contribution in [0.25, 0.3) is 0 Å². The first-order valence-corrected chi connectivity index (χ1v) is 15.7. The molecule has 2 aliphatic rings. The fourth-order valence-electron chi connectivity index (χ4n) is 4.95. The second kappa shape index (κ2) is 12.9. The molecule has 1 N–H and O–H groups in total. The predicted octanol–water partition coefficient (Wildman–Crippen LogP) is 7.36. The number of aromatic nitrogens is 2. The number of carbonyl (C=O) groups excluding carboxylic acids is 3. The van der Waals surface area contributed by atoms with Crippen LogP contribution in [0.15, 0.2) is 54.9 Å². The van der Waals surface area contributed by atoms with Gasteiger partial charge in [-0.05, 0) is 51.0 Å². The number of carbonyl (C=O) groups is 3. The molecule has 1 aliphatic heterocycles. The summed E-state index contributed by atoms with van der Waals surface area (Å²) in [6, 6.07) is 12.7. The van der Waals surface area contributed by atoms with Crippen molar-refractivity contribution in [2.75, 3.05) is 34.8 Å². The molecule has 1 aliphatic carbocycles. The van der Waals surface area contributed by atoms with Crippen LogP contribution in [0, 0.1) is 6.92 Å². The Morgan fingerprint density at radius 3 is 2.56 bits per heavy atom. The third kappa shape index (κ3) is 6.53. The zero-order chi connectivity index (χ0) is 31.7. The normalized spacial score (nSPS) is 14.0. The number of hydrogen-bond donors (Lipinski definition) is 1. The molecule has 4 aromatic rings. The van der Waals surface area contributed by atoms with Gasteiger partial charge in [0.15, 0.2) is 5.13 Å². The fraction of sp³-hybridized carbons (Fsp3) is 0.258. The van der Waals surface area contributed by atoms with Crippen LogP contribution in [0.3, 0.4) is 0 Å². The van der Waals surface area contributed by atoms with Gasteiger partial charge in [-0.1, -0.05) is 46.7 Å². The van der Waals surface area contributed by atoms with Crippen molar-refractivity contribution < 1.29 is 28.6 Å². The minimum absolute atomic E-state index is 0.0511. The number of fused-ring (bicyclic) bond motifs is 1. The number of para-hydroxylation sites is 2. The number of nitrogens with one attached hydrogen (secondary N) is 1. The molecular weight excluding hydrogens is 641 g/mol. The molecule has 0 radical (unpaired) electrons. The van der Waals surface area contributed by atoms with Crippen molar-refractivity contribution in [2.24, 2.45) is 0 Å². The largest absolute Gasteiger partial charge is 0.514 e. The zero-order valence-corrected chi connectivity index (χ0v) is 26.5. The molecule has 14 heteroatoms. The van der Waals surface area contributed by atoms with E-state index in [2.05, 4.69) is 20.2 Å². The Labute approximate surface area is 272 Å². The van der Waals surface area contributed by atoms with Crippen LogP contribution in [0.1, 0.15) is 46.2 Å². The summed E-state index contributed by atoms with van der Waals surface area (Å²) in [5.74, 6) is -0.467. The Balaban J connectivity index is 1.20. The summed E-state index contributed by atoms with van der Waals surface area (Å²) in [6.45, 7) is 4.69. The molecule has 0 saturated heterocycles. The fourth-order valence-corrected chi connectivity index (χ4v) is 6.20. The quantitative estimate of drug-likeness (QED) is 0.192. The number of anilines is 3.